The molecule has 0 radical (unpaired) electrons. The summed E-state index contributed by atoms with van der Waals surface area (Å²) in [6.45, 7) is 3.63. The van der Waals surface area contributed by atoms with Gasteiger partial charge in [0, 0.05) is 22.7 Å². The molecule has 27 heavy (non-hydrogen) atoms. The number of nitrogens with zero attached hydrogens (tertiary/aromatic N) is 2. The highest BCUT2D eigenvalue weighted by Gasteiger charge is 2.15. The van der Waals surface area contributed by atoms with Gasteiger partial charge in [-0.2, -0.15) is 0 Å². The fourth-order valence-electron chi connectivity index (χ4n) is 2.40. The quantitative estimate of drug-likeness (QED) is 0.374. The molecule has 0 saturated carbocycles. The van der Waals surface area contributed by atoms with Gasteiger partial charge in [-0.15, -0.1) is 11.3 Å². The lowest BCUT2D eigenvalue weighted by atomic mass is 10.1. The average molecular weight is 383 g/mol. The number of nitro benzene ring substituents is 1. The summed E-state index contributed by atoms with van der Waals surface area (Å²) in [4.78, 5) is 26.9. The number of nitrogens with one attached hydrogen (secondary N) is 1. The van der Waals surface area contributed by atoms with Crippen molar-refractivity contribution in [3.05, 3.63) is 80.3 Å². The Balaban J connectivity index is 1.59. The van der Waals surface area contributed by atoms with Crippen LogP contribution < -0.4 is 5.32 Å². The van der Waals surface area contributed by atoms with Crippen LogP contribution >= 0.6 is 11.3 Å². The minimum atomic E-state index is -0.547. The van der Waals surface area contributed by atoms with E-state index in [0.717, 1.165) is 5.69 Å². The Morgan fingerprint density at radius 2 is 1.96 bits per heavy atom. The second kappa shape index (κ2) is 7.96. The van der Waals surface area contributed by atoms with Gasteiger partial charge < -0.3 is 10.1 Å². The minimum Gasteiger partial charge on any atom is -0.456 e. The molecule has 0 fully saturated rings. The summed E-state index contributed by atoms with van der Waals surface area (Å²) in [5.41, 5.74) is 3.38. The van der Waals surface area contributed by atoms with Gasteiger partial charge in [-0.1, -0.05) is 17.7 Å². The maximum atomic E-state index is 12.1. The number of hydrogen-bond acceptors (Lipinski definition) is 7. The SMILES string of the molecule is Cc1ccc(Nc2nc(COC(=O)c3ccc([N+](=O)[O-])c(C)c3)cs2)cc1. The summed E-state index contributed by atoms with van der Waals surface area (Å²) < 4.78 is 5.26. The van der Waals surface area contributed by atoms with E-state index in [1.807, 2.05) is 36.6 Å². The van der Waals surface area contributed by atoms with Gasteiger partial charge in [0.1, 0.15) is 6.61 Å². The van der Waals surface area contributed by atoms with Crippen molar-refractivity contribution >= 4 is 33.8 Å². The van der Waals surface area contributed by atoms with Crippen LogP contribution in [0.25, 0.3) is 0 Å². The second-order valence-corrected chi connectivity index (χ2v) is 6.83. The topological polar surface area (TPSA) is 94.4 Å². The number of ether oxygens (including phenoxy) is 1. The molecule has 1 heterocycles. The van der Waals surface area contributed by atoms with Crippen LogP contribution in [0.3, 0.4) is 0 Å². The number of rotatable bonds is 6. The molecular weight excluding hydrogens is 366 g/mol. The lowest BCUT2D eigenvalue weighted by Gasteiger charge is -2.05. The molecule has 7 nitrogen and oxygen atoms in total. The molecule has 2 aromatic carbocycles. The zero-order chi connectivity index (χ0) is 19.4. The molecule has 0 aliphatic carbocycles. The van der Waals surface area contributed by atoms with Gasteiger partial charge in [0.2, 0.25) is 0 Å². The Labute approximate surface area is 159 Å². The highest BCUT2D eigenvalue weighted by molar-refractivity contribution is 7.13. The fraction of sp³-hybridized carbons (Fsp3) is 0.158. The van der Waals surface area contributed by atoms with Crippen LogP contribution in [0.1, 0.15) is 27.2 Å². The number of benzene rings is 2. The third-order valence-corrected chi connectivity index (χ3v) is 4.64. The Bertz CT molecular complexity index is 983. The fourth-order valence-corrected chi connectivity index (χ4v) is 3.12. The van der Waals surface area contributed by atoms with Crippen LogP contribution in [0.5, 0.6) is 0 Å². The van der Waals surface area contributed by atoms with E-state index in [4.69, 9.17) is 4.74 Å². The molecule has 0 atom stereocenters. The first-order chi connectivity index (χ1) is 12.9. The molecule has 0 spiro atoms. The van der Waals surface area contributed by atoms with Crippen molar-refractivity contribution in [2.45, 2.75) is 20.5 Å². The van der Waals surface area contributed by atoms with Crippen molar-refractivity contribution in [3.63, 3.8) is 0 Å². The molecular formula is C19H17N3O4S. The van der Waals surface area contributed by atoms with Gasteiger partial charge in [-0.25, -0.2) is 9.78 Å². The molecule has 3 rings (SSSR count). The smallest absolute Gasteiger partial charge is 0.338 e. The second-order valence-electron chi connectivity index (χ2n) is 5.97. The van der Waals surface area contributed by atoms with E-state index in [-0.39, 0.29) is 17.9 Å². The maximum absolute atomic E-state index is 12.1. The predicted octanol–water partition coefficient (Wildman–Crippen LogP) is 4.77. The van der Waals surface area contributed by atoms with Crippen molar-refractivity contribution in [1.82, 2.24) is 4.98 Å². The number of aromatic nitrogens is 1. The molecule has 138 valence electrons. The van der Waals surface area contributed by atoms with Crippen LogP contribution in [0, 0.1) is 24.0 Å². The molecule has 0 aliphatic rings. The molecule has 3 aromatic rings. The first-order valence-corrected chi connectivity index (χ1v) is 9.00. The molecule has 1 aromatic heterocycles. The zero-order valence-corrected chi connectivity index (χ0v) is 15.6. The van der Waals surface area contributed by atoms with E-state index in [9.17, 15) is 14.9 Å². The highest BCUT2D eigenvalue weighted by Crippen LogP contribution is 2.22. The first-order valence-electron chi connectivity index (χ1n) is 8.12. The summed E-state index contributed by atoms with van der Waals surface area (Å²) >= 11 is 1.42. The molecule has 0 amide bonds. The number of anilines is 2. The number of aryl methyl sites for hydroxylation is 2. The average Bonchev–Trinajstić information content (AvgIpc) is 3.08. The van der Waals surface area contributed by atoms with E-state index in [0.29, 0.717) is 16.4 Å². The van der Waals surface area contributed by atoms with E-state index in [1.54, 1.807) is 6.92 Å². The van der Waals surface area contributed by atoms with Crippen molar-refractivity contribution in [3.8, 4) is 0 Å². The normalized spacial score (nSPS) is 10.4. The minimum absolute atomic E-state index is 0.0287. The Hall–Kier alpha value is -3.26. The van der Waals surface area contributed by atoms with Crippen molar-refractivity contribution in [1.29, 1.82) is 0 Å². The lowest BCUT2D eigenvalue weighted by Crippen LogP contribution is -2.06. The Morgan fingerprint density at radius 3 is 2.63 bits per heavy atom. The maximum Gasteiger partial charge on any atom is 0.338 e. The third-order valence-electron chi connectivity index (χ3n) is 3.83. The van der Waals surface area contributed by atoms with Crippen molar-refractivity contribution in [2.75, 3.05) is 5.32 Å². The Kier molecular flexibility index (Phi) is 5.46. The van der Waals surface area contributed by atoms with Gasteiger partial charge in [-0.3, -0.25) is 10.1 Å². The van der Waals surface area contributed by atoms with Crippen molar-refractivity contribution < 1.29 is 14.5 Å². The van der Waals surface area contributed by atoms with Gasteiger partial charge in [0.25, 0.3) is 5.69 Å². The number of hydrogen-bond donors (Lipinski definition) is 1. The largest absolute Gasteiger partial charge is 0.456 e. The van der Waals surface area contributed by atoms with E-state index in [1.165, 1.54) is 35.1 Å². The van der Waals surface area contributed by atoms with E-state index < -0.39 is 10.9 Å². The molecule has 0 bridgehead atoms. The summed E-state index contributed by atoms with van der Waals surface area (Å²) in [6.07, 6.45) is 0. The standard InChI is InChI=1S/C19H17N3O4S/c1-12-3-6-15(7-4-12)20-19-21-16(11-27-19)10-26-18(23)14-5-8-17(22(24)25)13(2)9-14/h3-9,11H,10H2,1-2H3,(H,20,21). The van der Waals surface area contributed by atoms with Gasteiger partial charge in [0.05, 0.1) is 16.2 Å². The number of esters is 1. The monoisotopic (exact) mass is 383 g/mol. The molecule has 0 aliphatic heterocycles. The Morgan fingerprint density at radius 1 is 1.22 bits per heavy atom. The highest BCUT2D eigenvalue weighted by atomic mass is 32.1. The number of carbonyl (C=O) groups excluding carboxylic acids is 1. The van der Waals surface area contributed by atoms with Gasteiger partial charge >= 0.3 is 5.97 Å². The summed E-state index contributed by atoms with van der Waals surface area (Å²) in [6, 6.07) is 12.1. The molecule has 0 unspecified atom stereocenters. The van der Waals surface area contributed by atoms with Crippen LogP contribution in [-0.4, -0.2) is 15.9 Å². The lowest BCUT2D eigenvalue weighted by molar-refractivity contribution is -0.385. The van der Waals surface area contributed by atoms with Gasteiger partial charge in [-0.05, 0) is 38.1 Å². The molecule has 0 saturated heterocycles. The summed E-state index contributed by atoms with van der Waals surface area (Å²) in [5.74, 6) is -0.547. The molecule has 8 heteroatoms. The number of thiazole rings is 1. The number of nitro groups is 1. The zero-order valence-electron chi connectivity index (χ0n) is 14.8. The van der Waals surface area contributed by atoms with Crippen LogP contribution in [0.2, 0.25) is 0 Å². The van der Waals surface area contributed by atoms with E-state index in [2.05, 4.69) is 10.3 Å². The molecule has 1 N–H and O–H groups in total. The first kappa shape index (κ1) is 18.5. The van der Waals surface area contributed by atoms with Gasteiger partial charge in [0.15, 0.2) is 5.13 Å². The van der Waals surface area contributed by atoms with Crippen LogP contribution in [0.4, 0.5) is 16.5 Å². The van der Waals surface area contributed by atoms with Crippen LogP contribution in [-0.2, 0) is 11.3 Å². The predicted molar refractivity (Wildman–Crippen MR) is 104 cm³/mol. The van der Waals surface area contributed by atoms with Crippen molar-refractivity contribution in [2.24, 2.45) is 0 Å². The third kappa shape index (κ3) is 4.68. The summed E-state index contributed by atoms with van der Waals surface area (Å²) in [7, 11) is 0. The van der Waals surface area contributed by atoms with Crippen LogP contribution in [0.15, 0.2) is 47.8 Å². The van der Waals surface area contributed by atoms with E-state index >= 15 is 0 Å². The number of carbonyl (C=O) groups is 1. The summed E-state index contributed by atoms with van der Waals surface area (Å²) in [5, 5.41) is 16.6.